The van der Waals surface area contributed by atoms with Crippen LogP contribution < -0.4 is 5.32 Å². The minimum absolute atomic E-state index is 0.0532. The number of methoxy groups -OCH3 is 1. The summed E-state index contributed by atoms with van der Waals surface area (Å²) in [4.78, 5) is 24.0. The summed E-state index contributed by atoms with van der Waals surface area (Å²) in [5.74, 6) is -0.0427. The molecule has 0 spiro atoms. The third-order valence-corrected chi connectivity index (χ3v) is 3.33. The molecule has 1 rings (SSSR count). The van der Waals surface area contributed by atoms with Crippen molar-refractivity contribution in [1.82, 2.24) is 5.32 Å². The number of ketones is 1. The van der Waals surface area contributed by atoms with Gasteiger partial charge >= 0.3 is 5.97 Å². The standard InChI is InChI=1S/C17H25NO3/c1-5-13-6-8-14(9-7-13)17(20)15(10-16(19)21-4)18-11-12(2)3/h6-9,12,15,18H,5,10-11H2,1-4H3. The number of hydrogen-bond donors (Lipinski definition) is 1. The van der Waals surface area contributed by atoms with Gasteiger partial charge in [-0.3, -0.25) is 9.59 Å². The molecule has 0 bridgehead atoms. The summed E-state index contributed by atoms with van der Waals surface area (Å²) in [5, 5.41) is 3.16. The first-order chi connectivity index (χ1) is 9.97. The second-order valence-corrected chi connectivity index (χ2v) is 5.55. The van der Waals surface area contributed by atoms with Gasteiger partial charge in [-0.15, -0.1) is 0 Å². The second-order valence-electron chi connectivity index (χ2n) is 5.55. The molecule has 1 aromatic rings. The molecule has 1 aromatic carbocycles. The molecule has 0 aliphatic carbocycles. The van der Waals surface area contributed by atoms with Gasteiger partial charge in [0.15, 0.2) is 5.78 Å². The second kappa shape index (κ2) is 8.57. The van der Waals surface area contributed by atoms with E-state index in [1.165, 1.54) is 12.7 Å². The molecular weight excluding hydrogens is 266 g/mol. The minimum atomic E-state index is -0.535. The van der Waals surface area contributed by atoms with E-state index in [9.17, 15) is 9.59 Å². The molecule has 0 amide bonds. The smallest absolute Gasteiger partial charge is 0.307 e. The van der Waals surface area contributed by atoms with E-state index in [4.69, 9.17) is 0 Å². The maximum absolute atomic E-state index is 12.5. The van der Waals surface area contributed by atoms with E-state index in [0.29, 0.717) is 18.0 Å². The molecule has 4 heteroatoms. The fraction of sp³-hybridized carbons (Fsp3) is 0.529. The zero-order valence-electron chi connectivity index (χ0n) is 13.3. The molecule has 0 aliphatic heterocycles. The first-order valence-electron chi connectivity index (χ1n) is 7.41. The Labute approximate surface area is 126 Å². The largest absolute Gasteiger partial charge is 0.469 e. The Morgan fingerprint density at radius 2 is 1.81 bits per heavy atom. The predicted octanol–water partition coefficient (Wildman–Crippen LogP) is 2.61. The fourth-order valence-electron chi connectivity index (χ4n) is 1.99. The summed E-state index contributed by atoms with van der Waals surface area (Å²) < 4.78 is 4.68. The quantitative estimate of drug-likeness (QED) is 0.591. The van der Waals surface area contributed by atoms with Gasteiger partial charge in [0.25, 0.3) is 0 Å². The number of rotatable bonds is 8. The average Bonchev–Trinajstić information content (AvgIpc) is 2.50. The van der Waals surface area contributed by atoms with Crippen molar-refractivity contribution in [2.24, 2.45) is 5.92 Å². The van der Waals surface area contributed by atoms with Crippen LogP contribution in [0.4, 0.5) is 0 Å². The van der Waals surface area contributed by atoms with E-state index < -0.39 is 6.04 Å². The van der Waals surface area contributed by atoms with E-state index in [1.54, 1.807) is 0 Å². The lowest BCUT2D eigenvalue weighted by Crippen LogP contribution is -2.40. The van der Waals surface area contributed by atoms with Gasteiger partial charge in [0.2, 0.25) is 0 Å². The van der Waals surface area contributed by atoms with Crippen molar-refractivity contribution in [3.05, 3.63) is 35.4 Å². The number of Topliss-reactive ketones (excluding diaryl/α,β-unsaturated/α-hetero) is 1. The van der Waals surface area contributed by atoms with Crippen LogP contribution in [0.15, 0.2) is 24.3 Å². The number of hydrogen-bond acceptors (Lipinski definition) is 4. The highest BCUT2D eigenvalue weighted by atomic mass is 16.5. The van der Waals surface area contributed by atoms with Crippen LogP contribution in [0.25, 0.3) is 0 Å². The Balaban J connectivity index is 2.83. The topological polar surface area (TPSA) is 55.4 Å². The van der Waals surface area contributed by atoms with Gasteiger partial charge in [-0.25, -0.2) is 0 Å². The van der Waals surface area contributed by atoms with Crippen molar-refractivity contribution in [2.45, 2.75) is 39.7 Å². The van der Waals surface area contributed by atoms with Crippen LogP contribution in [-0.4, -0.2) is 31.4 Å². The van der Waals surface area contributed by atoms with Crippen molar-refractivity contribution in [2.75, 3.05) is 13.7 Å². The monoisotopic (exact) mass is 291 g/mol. The summed E-state index contributed by atoms with van der Waals surface area (Å²) in [6.45, 7) is 6.87. The van der Waals surface area contributed by atoms with Gasteiger partial charge < -0.3 is 10.1 Å². The average molecular weight is 291 g/mol. The van der Waals surface area contributed by atoms with Gasteiger partial charge in [0, 0.05) is 5.56 Å². The molecule has 0 aromatic heterocycles. The van der Waals surface area contributed by atoms with Crippen molar-refractivity contribution < 1.29 is 14.3 Å². The molecule has 0 saturated carbocycles. The molecule has 0 heterocycles. The summed E-state index contributed by atoms with van der Waals surface area (Å²) in [5.41, 5.74) is 1.81. The summed E-state index contributed by atoms with van der Waals surface area (Å²) in [6.07, 6.45) is 0.989. The first kappa shape index (κ1) is 17.4. The summed E-state index contributed by atoms with van der Waals surface area (Å²) in [7, 11) is 1.34. The maximum Gasteiger partial charge on any atom is 0.307 e. The number of carbonyl (C=O) groups is 2. The van der Waals surface area contributed by atoms with Crippen LogP contribution >= 0.6 is 0 Å². The third-order valence-electron chi connectivity index (χ3n) is 3.33. The summed E-state index contributed by atoms with van der Waals surface area (Å²) >= 11 is 0. The molecule has 0 fully saturated rings. The Morgan fingerprint density at radius 1 is 1.19 bits per heavy atom. The van der Waals surface area contributed by atoms with Crippen molar-refractivity contribution in [3.8, 4) is 0 Å². The fourth-order valence-corrected chi connectivity index (χ4v) is 1.99. The van der Waals surface area contributed by atoms with E-state index in [0.717, 1.165) is 6.42 Å². The van der Waals surface area contributed by atoms with Crippen LogP contribution in [-0.2, 0) is 16.0 Å². The van der Waals surface area contributed by atoms with E-state index in [2.05, 4.69) is 30.8 Å². The van der Waals surface area contributed by atoms with Gasteiger partial charge in [0.05, 0.1) is 19.6 Å². The molecule has 0 aliphatic rings. The molecule has 21 heavy (non-hydrogen) atoms. The third kappa shape index (κ3) is 5.68. The van der Waals surface area contributed by atoms with E-state index >= 15 is 0 Å². The zero-order chi connectivity index (χ0) is 15.8. The lowest BCUT2D eigenvalue weighted by molar-refractivity contribution is -0.141. The molecule has 0 saturated heterocycles. The van der Waals surface area contributed by atoms with Crippen LogP contribution in [0, 0.1) is 5.92 Å². The lowest BCUT2D eigenvalue weighted by Gasteiger charge is -2.18. The Morgan fingerprint density at radius 3 is 2.29 bits per heavy atom. The molecule has 4 nitrogen and oxygen atoms in total. The Kier molecular flexibility index (Phi) is 7.09. The molecule has 1 atom stereocenters. The number of esters is 1. The molecule has 1 unspecified atom stereocenters. The zero-order valence-corrected chi connectivity index (χ0v) is 13.3. The lowest BCUT2D eigenvalue weighted by atomic mass is 9.99. The van der Waals surface area contributed by atoms with Gasteiger partial charge in [-0.1, -0.05) is 45.0 Å². The molecule has 116 valence electrons. The number of aryl methyl sites for hydroxylation is 1. The molecular formula is C17H25NO3. The first-order valence-corrected chi connectivity index (χ1v) is 7.41. The van der Waals surface area contributed by atoms with E-state index in [-0.39, 0.29) is 18.2 Å². The van der Waals surface area contributed by atoms with Crippen molar-refractivity contribution in [1.29, 1.82) is 0 Å². The SMILES string of the molecule is CCc1ccc(C(=O)C(CC(=O)OC)NCC(C)C)cc1. The van der Waals surface area contributed by atoms with Gasteiger partial charge in [-0.2, -0.15) is 0 Å². The van der Waals surface area contributed by atoms with E-state index in [1.807, 2.05) is 24.3 Å². The molecule has 1 N–H and O–H groups in total. The molecule has 0 radical (unpaired) electrons. The van der Waals surface area contributed by atoms with Gasteiger partial charge in [-0.05, 0) is 24.4 Å². The number of carbonyl (C=O) groups excluding carboxylic acids is 2. The Bertz CT molecular complexity index is 465. The number of benzene rings is 1. The maximum atomic E-state index is 12.5. The number of ether oxygens (including phenoxy) is 1. The van der Waals surface area contributed by atoms with Gasteiger partial charge in [0.1, 0.15) is 0 Å². The predicted molar refractivity (Wildman–Crippen MR) is 83.4 cm³/mol. The van der Waals surface area contributed by atoms with Crippen molar-refractivity contribution >= 4 is 11.8 Å². The van der Waals surface area contributed by atoms with Crippen LogP contribution in [0.1, 0.15) is 43.1 Å². The highest BCUT2D eigenvalue weighted by Crippen LogP contribution is 2.10. The van der Waals surface area contributed by atoms with Crippen LogP contribution in [0.3, 0.4) is 0 Å². The number of nitrogens with one attached hydrogen (secondary N) is 1. The highest BCUT2D eigenvalue weighted by Gasteiger charge is 2.23. The van der Waals surface area contributed by atoms with Crippen LogP contribution in [0.5, 0.6) is 0 Å². The summed E-state index contributed by atoms with van der Waals surface area (Å²) in [6, 6.07) is 7.01. The highest BCUT2D eigenvalue weighted by molar-refractivity contribution is 6.01. The minimum Gasteiger partial charge on any atom is -0.469 e. The Hall–Kier alpha value is -1.68. The normalized spacial score (nSPS) is 12.2. The van der Waals surface area contributed by atoms with Crippen LogP contribution in [0.2, 0.25) is 0 Å². The van der Waals surface area contributed by atoms with Crippen molar-refractivity contribution in [3.63, 3.8) is 0 Å².